The van der Waals surface area contributed by atoms with Crippen molar-refractivity contribution in [2.45, 2.75) is 13.3 Å². The summed E-state index contributed by atoms with van der Waals surface area (Å²) in [6.07, 6.45) is 5.89. The van der Waals surface area contributed by atoms with Gasteiger partial charge in [0.1, 0.15) is 0 Å². The molecule has 0 atom stereocenters. The Kier molecular flexibility index (Phi) is 3.04. The molecule has 7 heteroatoms. The lowest BCUT2D eigenvalue weighted by Crippen LogP contribution is -2.26. The zero-order valence-electron chi connectivity index (χ0n) is 10.3. The van der Waals surface area contributed by atoms with Crippen molar-refractivity contribution in [1.29, 1.82) is 0 Å². The normalized spacial score (nSPS) is 11.0. The van der Waals surface area contributed by atoms with E-state index in [9.17, 15) is 4.79 Å². The van der Waals surface area contributed by atoms with Crippen LogP contribution in [0.3, 0.4) is 0 Å². The topological polar surface area (TPSA) is 72.4 Å². The number of amides is 1. The molecule has 3 aromatic heterocycles. The van der Waals surface area contributed by atoms with Crippen molar-refractivity contribution in [3.63, 3.8) is 0 Å². The van der Waals surface area contributed by atoms with Crippen molar-refractivity contribution < 1.29 is 9.21 Å². The third-order valence-electron chi connectivity index (χ3n) is 2.76. The Bertz CT molecular complexity index is 684. The zero-order valence-corrected chi connectivity index (χ0v) is 11.1. The SMILES string of the molecule is Cc1ncoc1C(=O)NCCc1cn2ccsc2n1. The summed E-state index contributed by atoms with van der Waals surface area (Å²) < 4.78 is 7.00. The van der Waals surface area contributed by atoms with Crippen LogP contribution < -0.4 is 5.32 Å². The molecule has 0 radical (unpaired) electrons. The number of rotatable bonds is 4. The van der Waals surface area contributed by atoms with Crippen LogP contribution in [-0.4, -0.2) is 26.8 Å². The number of oxazole rings is 1. The van der Waals surface area contributed by atoms with Gasteiger partial charge in [-0.15, -0.1) is 11.3 Å². The van der Waals surface area contributed by atoms with E-state index in [1.807, 2.05) is 22.2 Å². The number of hydrogen-bond donors (Lipinski definition) is 1. The molecule has 0 saturated carbocycles. The van der Waals surface area contributed by atoms with E-state index in [-0.39, 0.29) is 11.7 Å². The zero-order chi connectivity index (χ0) is 13.2. The van der Waals surface area contributed by atoms with Crippen LogP contribution in [0, 0.1) is 6.92 Å². The number of fused-ring (bicyclic) bond motifs is 1. The van der Waals surface area contributed by atoms with Gasteiger partial charge < -0.3 is 9.73 Å². The quantitative estimate of drug-likeness (QED) is 0.786. The summed E-state index contributed by atoms with van der Waals surface area (Å²) >= 11 is 1.59. The Morgan fingerprint density at radius 2 is 2.47 bits per heavy atom. The van der Waals surface area contributed by atoms with E-state index >= 15 is 0 Å². The molecule has 0 aromatic carbocycles. The maximum atomic E-state index is 11.8. The standard InChI is InChI=1S/C12H12N4O2S/c1-8-10(18-7-14-8)11(17)13-3-2-9-6-16-4-5-19-12(16)15-9/h4-7H,2-3H2,1H3,(H,13,17). The molecule has 3 heterocycles. The summed E-state index contributed by atoms with van der Waals surface area (Å²) in [5.74, 6) is 0.0295. The van der Waals surface area contributed by atoms with E-state index < -0.39 is 0 Å². The first-order valence-corrected chi connectivity index (χ1v) is 6.71. The van der Waals surface area contributed by atoms with Gasteiger partial charge in [0.15, 0.2) is 11.4 Å². The summed E-state index contributed by atoms with van der Waals surface area (Å²) in [4.78, 5) is 21.1. The van der Waals surface area contributed by atoms with Crippen LogP contribution in [0.5, 0.6) is 0 Å². The van der Waals surface area contributed by atoms with Crippen LogP contribution in [0.4, 0.5) is 0 Å². The van der Waals surface area contributed by atoms with Gasteiger partial charge in [-0.25, -0.2) is 9.97 Å². The molecule has 1 amide bonds. The minimum absolute atomic E-state index is 0.240. The van der Waals surface area contributed by atoms with Crippen LogP contribution >= 0.6 is 11.3 Å². The number of carbonyl (C=O) groups excluding carboxylic acids is 1. The highest BCUT2D eigenvalue weighted by atomic mass is 32.1. The third kappa shape index (κ3) is 2.37. The molecule has 0 aliphatic heterocycles. The number of imidazole rings is 1. The molecule has 0 aliphatic rings. The van der Waals surface area contributed by atoms with E-state index in [4.69, 9.17) is 4.42 Å². The van der Waals surface area contributed by atoms with E-state index in [0.717, 1.165) is 10.7 Å². The Labute approximate surface area is 113 Å². The van der Waals surface area contributed by atoms with Crippen LogP contribution in [0.1, 0.15) is 21.9 Å². The monoisotopic (exact) mass is 276 g/mol. The van der Waals surface area contributed by atoms with E-state index in [0.29, 0.717) is 18.7 Å². The van der Waals surface area contributed by atoms with Gasteiger partial charge in [-0.05, 0) is 6.92 Å². The minimum atomic E-state index is -0.240. The van der Waals surface area contributed by atoms with Gasteiger partial charge in [-0.3, -0.25) is 9.20 Å². The molecule has 98 valence electrons. The largest absolute Gasteiger partial charge is 0.438 e. The molecule has 0 saturated heterocycles. The lowest BCUT2D eigenvalue weighted by Gasteiger charge is -2.01. The molecule has 0 spiro atoms. The smallest absolute Gasteiger partial charge is 0.289 e. The van der Waals surface area contributed by atoms with Crippen molar-refractivity contribution in [3.8, 4) is 0 Å². The Morgan fingerprint density at radius 1 is 1.58 bits per heavy atom. The van der Waals surface area contributed by atoms with E-state index in [2.05, 4.69) is 15.3 Å². The van der Waals surface area contributed by atoms with Gasteiger partial charge in [0.05, 0.1) is 11.4 Å². The van der Waals surface area contributed by atoms with Gasteiger partial charge in [0.25, 0.3) is 5.91 Å². The summed E-state index contributed by atoms with van der Waals surface area (Å²) in [5, 5.41) is 4.78. The van der Waals surface area contributed by atoms with E-state index in [1.165, 1.54) is 6.39 Å². The van der Waals surface area contributed by atoms with Crippen molar-refractivity contribution in [1.82, 2.24) is 19.7 Å². The maximum absolute atomic E-state index is 11.8. The average molecular weight is 276 g/mol. The van der Waals surface area contributed by atoms with Crippen molar-refractivity contribution in [2.75, 3.05) is 6.54 Å². The predicted molar refractivity (Wildman–Crippen MR) is 70.3 cm³/mol. The van der Waals surface area contributed by atoms with Crippen molar-refractivity contribution in [3.05, 3.63) is 41.3 Å². The highest BCUT2D eigenvalue weighted by Gasteiger charge is 2.13. The second-order valence-electron chi connectivity index (χ2n) is 4.10. The molecule has 0 unspecified atom stereocenters. The summed E-state index contributed by atoms with van der Waals surface area (Å²) in [6, 6.07) is 0. The molecule has 0 aliphatic carbocycles. The molecule has 1 N–H and O–H groups in total. The summed E-state index contributed by atoms with van der Waals surface area (Å²) in [6.45, 7) is 2.26. The van der Waals surface area contributed by atoms with Crippen LogP contribution in [-0.2, 0) is 6.42 Å². The first kappa shape index (κ1) is 11.9. The van der Waals surface area contributed by atoms with Gasteiger partial charge in [-0.2, -0.15) is 0 Å². The fourth-order valence-corrected chi connectivity index (χ4v) is 2.52. The first-order valence-electron chi connectivity index (χ1n) is 5.83. The van der Waals surface area contributed by atoms with Gasteiger partial charge in [0, 0.05) is 30.7 Å². The molecule has 3 aromatic rings. The predicted octanol–water partition coefficient (Wildman–Crippen LogP) is 1.66. The maximum Gasteiger partial charge on any atom is 0.289 e. The molecular weight excluding hydrogens is 264 g/mol. The summed E-state index contributed by atoms with van der Waals surface area (Å²) in [5.41, 5.74) is 1.56. The van der Waals surface area contributed by atoms with Crippen LogP contribution in [0.2, 0.25) is 0 Å². The molecule has 3 rings (SSSR count). The van der Waals surface area contributed by atoms with Gasteiger partial charge >= 0.3 is 0 Å². The number of aryl methyl sites for hydroxylation is 1. The molecular formula is C12H12N4O2S. The van der Waals surface area contributed by atoms with Crippen molar-refractivity contribution in [2.24, 2.45) is 0 Å². The minimum Gasteiger partial charge on any atom is -0.438 e. The number of nitrogens with zero attached hydrogens (tertiary/aromatic N) is 3. The number of aromatic nitrogens is 3. The Balaban J connectivity index is 1.57. The summed E-state index contributed by atoms with van der Waals surface area (Å²) in [7, 11) is 0. The average Bonchev–Trinajstić information content (AvgIpc) is 3.03. The Hall–Kier alpha value is -2.15. The second kappa shape index (κ2) is 4.85. The number of nitrogens with one attached hydrogen (secondary N) is 1. The third-order valence-corrected chi connectivity index (χ3v) is 3.53. The number of hydrogen-bond acceptors (Lipinski definition) is 5. The van der Waals surface area contributed by atoms with Gasteiger partial charge in [0.2, 0.25) is 5.76 Å². The molecule has 0 fully saturated rings. The lowest BCUT2D eigenvalue weighted by atomic mass is 10.3. The molecule has 0 bridgehead atoms. The fourth-order valence-electron chi connectivity index (χ4n) is 1.80. The van der Waals surface area contributed by atoms with Gasteiger partial charge in [-0.1, -0.05) is 0 Å². The molecule has 19 heavy (non-hydrogen) atoms. The highest BCUT2D eigenvalue weighted by molar-refractivity contribution is 7.15. The highest BCUT2D eigenvalue weighted by Crippen LogP contribution is 2.11. The van der Waals surface area contributed by atoms with E-state index in [1.54, 1.807) is 18.3 Å². The lowest BCUT2D eigenvalue weighted by molar-refractivity contribution is 0.0925. The van der Waals surface area contributed by atoms with Crippen LogP contribution in [0.25, 0.3) is 4.96 Å². The second-order valence-corrected chi connectivity index (χ2v) is 4.97. The van der Waals surface area contributed by atoms with Crippen molar-refractivity contribution >= 4 is 22.2 Å². The first-order chi connectivity index (χ1) is 9.24. The Morgan fingerprint density at radius 3 is 3.21 bits per heavy atom. The number of thiazole rings is 1. The number of carbonyl (C=O) groups is 1. The fraction of sp³-hybridized carbons (Fsp3) is 0.250. The van der Waals surface area contributed by atoms with Crippen LogP contribution in [0.15, 0.2) is 28.6 Å². The molecule has 6 nitrogen and oxygen atoms in total.